The monoisotopic (exact) mass is 490 g/mol. The summed E-state index contributed by atoms with van der Waals surface area (Å²) in [4.78, 5) is 16.3. The van der Waals surface area contributed by atoms with Gasteiger partial charge in [-0.25, -0.2) is 4.98 Å². The molecule has 0 aliphatic heterocycles. The number of rotatable bonds is 6. The average molecular weight is 491 g/mol. The second kappa shape index (κ2) is 9.58. The molecule has 35 heavy (non-hydrogen) atoms. The summed E-state index contributed by atoms with van der Waals surface area (Å²) in [5, 5.41) is 28.3. The maximum atomic E-state index is 12.9. The molecule has 0 unspecified atom stereocenters. The summed E-state index contributed by atoms with van der Waals surface area (Å²) in [6.45, 7) is 3.37. The number of anilines is 1. The van der Waals surface area contributed by atoms with E-state index in [-0.39, 0.29) is 24.8 Å². The van der Waals surface area contributed by atoms with Crippen molar-refractivity contribution in [3.05, 3.63) is 53.5 Å². The number of aliphatic hydroxyl groups excluding tert-OH is 1. The Morgan fingerprint density at radius 1 is 1.17 bits per heavy atom. The van der Waals surface area contributed by atoms with Gasteiger partial charge in [0.1, 0.15) is 5.69 Å². The lowest BCUT2D eigenvalue weighted by Gasteiger charge is -2.27. The van der Waals surface area contributed by atoms with Crippen LogP contribution in [0.4, 0.5) is 18.9 Å². The zero-order valence-corrected chi connectivity index (χ0v) is 19.6. The van der Waals surface area contributed by atoms with Gasteiger partial charge in [0.05, 0.1) is 29.3 Å². The Morgan fingerprint density at radius 2 is 1.89 bits per heavy atom. The highest BCUT2D eigenvalue weighted by molar-refractivity contribution is 5.96. The molecule has 1 aliphatic rings. The molecule has 1 aromatic carbocycles. The van der Waals surface area contributed by atoms with Crippen molar-refractivity contribution < 1.29 is 28.2 Å². The Bertz CT molecular complexity index is 1210. The molecule has 0 bridgehead atoms. The van der Waals surface area contributed by atoms with E-state index < -0.39 is 23.4 Å². The summed E-state index contributed by atoms with van der Waals surface area (Å²) in [6, 6.07) is 7.10. The third kappa shape index (κ3) is 5.82. The maximum Gasteiger partial charge on any atom is 0.433 e. The van der Waals surface area contributed by atoms with Crippen LogP contribution in [-0.2, 0) is 23.0 Å². The minimum Gasteiger partial charge on any atom is -0.396 e. The number of aromatic nitrogens is 3. The SMILES string of the molecule is CC(C)(O)c1cc2nn([C@H]3CC[C@H](CO)CC3)cc2cc1NC(=O)Cc1cccc(C(F)(F)F)n1. The van der Waals surface area contributed by atoms with E-state index >= 15 is 0 Å². The fraction of sp³-hybridized carbons (Fsp3) is 0.480. The number of aliphatic hydroxyl groups is 2. The summed E-state index contributed by atoms with van der Waals surface area (Å²) in [7, 11) is 0. The topological polar surface area (TPSA) is 100 Å². The molecule has 0 saturated heterocycles. The molecular weight excluding hydrogens is 461 g/mol. The van der Waals surface area contributed by atoms with Gasteiger partial charge in [-0.2, -0.15) is 18.3 Å². The number of pyridine rings is 1. The highest BCUT2D eigenvalue weighted by Gasteiger charge is 2.32. The van der Waals surface area contributed by atoms with E-state index in [0.29, 0.717) is 22.7 Å². The van der Waals surface area contributed by atoms with Crippen molar-refractivity contribution in [3.8, 4) is 0 Å². The third-order valence-corrected chi connectivity index (χ3v) is 6.48. The molecule has 2 heterocycles. The Labute approximate surface area is 201 Å². The number of hydrogen-bond acceptors (Lipinski definition) is 5. The van der Waals surface area contributed by atoms with Crippen LogP contribution < -0.4 is 5.32 Å². The van der Waals surface area contributed by atoms with Crippen LogP contribution in [0.15, 0.2) is 36.5 Å². The number of hydrogen-bond donors (Lipinski definition) is 3. The standard InChI is InChI=1S/C25H29F3N4O3/c1-24(2,35)19-12-20-16(13-32(31-20)18-8-6-15(14-33)7-9-18)10-21(19)30-23(34)11-17-4-3-5-22(29-17)25(26,27)28/h3-5,10,12-13,15,18,33,35H,6-9,11,14H2,1-2H3,(H,30,34)/t15-,18-. The van der Waals surface area contributed by atoms with Crippen LogP contribution in [0.2, 0.25) is 0 Å². The Balaban J connectivity index is 1.58. The minimum absolute atomic E-state index is 0.00508. The minimum atomic E-state index is -4.59. The first-order chi connectivity index (χ1) is 16.4. The molecule has 188 valence electrons. The molecule has 3 N–H and O–H groups in total. The molecule has 1 aliphatic carbocycles. The summed E-state index contributed by atoms with van der Waals surface area (Å²) in [5.74, 6) is -0.220. The van der Waals surface area contributed by atoms with Crippen molar-refractivity contribution in [3.63, 3.8) is 0 Å². The number of amides is 1. The van der Waals surface area contributed by atoms with E-state index in [0.717, 1.165) is 37.1 Å². The molecule has 0 radical (unpaired) electrons. The van der Waals surface area contributed by atoms with Gasteiger partial charge in [-0.1, -0.05) is 6.07 Å². The predicted octanol–water partition coefficient (Wildman–Crippen LogP) is 4.58. The van der Waals surface area contributed by atoms with Crippen LogP contribution in [0.1, 0.15) is 62.5 Å². The van der Waals surface area contributed by atoms with Crippen LogP contribution in [0.25, 0.3) is 10.9 Å². The molecule has 7 nitrogen and oxygen atoms in total. The zero-order valence-electron chi connectivity index (χ0n) is 19.6. The molecule has 0 spiro atoms. The molecule has 3 aromatic rings. The fourth-order valence-corrected chi connectivity index (χ4v) is 4.57. The lowest BCUT2D eigenvalue weighted by molar-refractivity contribution is -0.141. The highest BCUT2D eigenvalue weighted by Crippen LogP contribution is 2.35. The average Bonchev–Trinajstić information content (AvgIpc) is 3.20. The van der Waals surface area contributed by atoms with Gasteiger partial charge in [-0.05, 0) is 69.7 Å². The van der Waals surface area contributed by atoms with Crippen LogP contribution in [0, 0.1) is 5.92 Å². The number of fused-ring (bicyclic) bond motifs is 1. The van der Waals surface area contributed by atoms with Crippen molar-refractivity contribution in [2.75, 3.05) is 11.9 Å². The van der Waals surface area contributed by atoms with Crippen LogP contribution in [-0.4, -0.2) is 37.5 Å². The number of benzene rings is 1. The van der Waals surface area contributed by atoms with E-state index in [1.165, 1.54) is 12.1 Å². The number of alkyl halides is 3. The molecule has 4 rings (SSSR count). The predicted molar refractivity (Wildman–Crippen MR) is 125 cm³/mol. The molecule has 1 fully saturated rings. The first kappa shape index (κ1) is 25.1. The molecule has 0 atom stereocenters. The summed E-state index contributed by atoms with van der Waals surface area (Å²) >= 11 is 0. The van der Waals surface area contributed by atoms with Crippen molar-refractivity contribution in [1.29, 1.82) is 0 Å². The van der Waals surface area contributed by atoms with E-state index in [1.807, 2.05) is 10.9 Å². The Kier molecular flexibility index (Phi) is 6.88. The van der Waals surface area contributed by atoms with E-state index in [4.69, 9.17) is 5.10 Å². The highest BCUT2D eigenvalue weighted by atomic mass is 19.4. The fourth-order valence-electron chi connectivity index (χ4n) is 4.57. The molecule has 1 amide bonds. The summed E-state index contributed by atoms with van der Waals surface area (Å²) < 4.78 is 40.8. The van der Waals surface area contributed by atoms with Crippen molar-refractivity contribution in [1.82, 2.24) is 14.8 Å². The summed E-state index contributed by atoms with van der Waals surface area (Å²) in [5.41, 5.74) is -0.871. The van der Waals surface area contributed by atoms with Gasteiger partial charge in [-0.3, -0.25) is 9.48 Å². The van der Waals surface area contributed by atoms with Gasteiger partial charge in [0.25, 0.3) is 0 Å². The van der Waals surface area contributed by atoms with Gasteiger partial charge in [-0.15, -0.1) is 0 Å². The normalized spacial score (nSPS) is 19.2. The molecule has 2 aromatic heterocycles. The quantitative estimate of drug-likeness (QED) is 0.470. The number of nitrogens with zero attached hydrogens (tertiary/aromatic N) is 3. The molecular formula is C25H29F3N4O3. The van der Waals surface area contributed by atoms with Crippen LogP contribution in [0.5, 0.6) is 0 Å². The number of nitrogens with one attached hydrogen (secondary N) is 1. The first-order valence-corrected chi connectivity index (χ1v) is 11.6. The lowest BCUT2D eigenvalue weighted by Crippen LogP contribution is -2.22. The third-order valence-electron chi connectivity index (χ3n) is 6.48. The van der Waals surface area contributed by atoms with E-state index in [2.05, 4.69) is 10.3 Å². The van der Waals surface area contributed by atoms with Crippen LogP contribution in [0.3, 0.4) is 0 Å². The number of halogens is 3. The Morgan fingerprint density at radius 3 is 2.51 bits per heavy atom. The van der Waals surface area contributed by atoms with E-state index in [1.54, 1.807) is 26.0 Å². The number of carbonyl (C=O) groups excluding carboxylic acids is 1. The van der Waals surface area contributed by atoms with Crippen LogP contribution >= 0.6 is 0 Å². The largest absolute Gasteiger partial charge is 0.433 e. The van der Waals surface area contributed by atoms with Gasteiger partial charge >= 0.3 is 6.18 Å². The van der Waals surface area contributed by atoms with Crippen molar-refractivity contribution in [2.24, 2.45) is 5.92 Å². The van der Waals surface area contributed by atoms with Gasteiger partial charge in [0, 0.05) is 29.4 Å². The zero-order chi connectivity index (χ0) is 25.4. The second-order valence-corrected chi connectivity index (χ2v) is 9.72. The second-order valence-electron chi connectivity index (χ2n) is 9.72. The van der Waals surface area contributed by atoms with Gasteiger partial charge < -0.3 is 15.5 Å². The Hall–Kier alpha value is -2.98. The molecule has 1 saturated carbocycles. The smallest absolute Gasteiger partial charge is 0.396 e. The van der Waals surface area contributed by atoms with Gasteiger partial charge in [0.15, 0.2) is 0 Å². The lowest BCUT2D eigenvalue weighted by atomic mass is 9.87. The maximum absolute atomic E-state index is 12.9. The first-order valence-electron chi connectivity index (χ1n) is 11.6. The van der Waals surface area contributed by atoms with Crippen molar-refractivity contribution >= 4 is 22.5 Å². The van der Waals surface area contributed by atoms with Crippen molar-refractivity contribution in [2.45, 2.75) is 63.8 Å². The molecule has 10 heteroatoms. The van der Waals surface area contributed by atoms with E-state index in [9.17, 15) is 28.2 Å². The van der Waals surface area contributed by atoms with Gasteiger partial charge in [0.2, 0.25) is 5.91 Å². The summed E-state index contributed by atoms with van der Waals surface area (Å²) in [6.07, 6.45) is 0.631. The number of carbonyl (C=O) groups is 1.